The molecule has 1 fully saturated rings. The number of methoxy groups -OCH3 is 2. The summed E-state index contributed by atoms with van der Waals surface area (Å²) in [5.41, 5.74) is 2.51. The van der Waals surface area contributed by atoms with E-state index in [1.807, 2.05) is 31.2 Å². The first-order valence-corrected chi connectivity index (χ1v) is 13.6. The Morgan fingerprint density at radius 1 is 1.05 bits per heavy atom. The minimum absolute atomic E-state index is 0.321. The maximum Gasteiger partial charge on any atom is 0.230 e. The van der Waals surface area contributed by atoms with Gasteiger partial charge in [0, 0.05) is 32.0 Å². The van der Waals surface area contributed by atoms with Crippen LogP contribution in [0.15, 0.2) is 41.8 Å². The fraction of sp³-hybridized carbons (Fsp3) is 0.393. The number of hydrogen-bond donors (Lipinski definition) is 3. The molecule has 3 N–H and O–H groups in total. The highest BCUT2D eigenvalue weighted by molar-refractivity contribution is 7.17. The molecule has 1 aliphatic rings. The predicted octanol–water partition coefficient (Wildman–Crippen LogP) is 5.73. The second-order valence-electron chi connectivity index (χ2n) is 10.0. The number of fused-ring (bicyclic) bond motifs is 1. The van der Waals surface area contributed by atoms with Gasteiger partial charge in [-0.25, -0.2) is 9.97 Å². The van der Waals surface area contributed by atoms with Gasteiger partial charge in [0.2, 0.25) is 5.95 Å². The van der Waals surface area contributed by atoms with E-state index in [1.165, 1.54) is 0 Å². The summed E-state index contributed by atoms with van der Waals surface area (Å²) >= 11 is 1.57. The van der Waals surface area contributed by atoms with Crippen LogP contribution < -0.4 is 20.3 Å². The van der Waals surface area contributed by atoms with Gasteiger partial charge in [-0.3, -0.25) is 0 Å². The molecule has 0 amide bonds. The second-order valence-corrected chi connectivity index (χ2v) is 10.9. The number of benzene rings is 1. The van der Waals surface area contributed by atoms with Gasteiger partial charge in [0.15, 0.2) is 0 Å². The molecule has 10 heteroatoms. The Bertz CT molecular complexity index is 1430. The Labute approximate surface area is 226 Å². The highest BCUT2D eigenvalue weighted by Crippen LogP contribution is 2.36. The molecular weight excluding hydrogens is 500 g/mol. The van der Waals surface area contributed by atoms with Crippen LogP contribution in [0.4, 0.5) is 29.0 Å². The van der Waals surface area contributed by atoms with E-state index in [4.69, 9.17) is 19.4 Å². The van der Waals surface area contributed by atoms with Crippen LogP contribution in [0.2, 0.25) is 0 Å². The van der Waals surface area contributed by atoms with Crippen molar-refractivity contribution in [2.24, 2.45) is 0 Å². The van der Waals surface area contributed by atoms with E-state index in [-0.39, 0.29) is 0 Å². The van der Waals surface area contributed by atoms with Crippen LogP contribution >= 0.6 is 11.3 Å². The van der Waals surface area contributed by atoms with E-state index >= 15 is 0 Å². The van der Waals surface area contributed by atoms with Crippen molar-refractivity contribution in [1.29, 1.82) is 0 Å². The van der Waals surface area contributed by atoms with Crippen LogP contribution in [-0.2, 0) is 10.3 Å². The molecule has 0 atom stereocenters. The number of nitrogens with one attached hydrogen (secondary N) is 2. The molecule has 0 unspecified atom stereocenters. The van der Waals surface area contributed by atoms with Crippen molar-refractivity contribution in [1.82, 2.24) is 15.0 Å². The molecule has 0 aliphatic carbocycles. The summed E-state index contributed by atoms with van der Waals surface area (Å²) in [4.78, 5) is 17.4. The van der Waals surface area contributed by atoms with E-state index in [0.717, 1.165) is 58.8 Å². The first-order valence-electron chi connectivity index (χ1n) is 12.7. The summed E-state index contributed by atoms with van der Waals surface area (Å²) < 4.78 is 11.3. The number of aromatic nitrogens is 3. The van der Waals surface area contributed by atoms with Crippen LogP contribution in [-0.4, -0.2) is 53.5 Å². The van der Waals surface area contributed by atoms with Crippen molar-refractivity contribution < 1.29 is 14.6 Å². The Morgan fingerprint density at radius 3 is 2.55 bits per heavy atom. The standard InChI is InChI=1S/C28H34N6O3S/c1-17-16-38-26-24(17)25(31-23-8-6-7-22(30-23)28(2,3)35)32-27(33-26)29-18-9-10-20(21(15-18)37-5)34-13-11-19(36-4)12-14-34/h6-10,15-16,19,35H,11-14H2,1-5H3,(H2,29,30,31,32,33). The zero-order valence-corrected chi connectivity index (χ0v) is 23.2. The van der Waals surface area contributed by atoms with Gasteiger partial charge in [0.25, 0.3) is 0 Å². The molecule has 0 spiro atoms. The SMILES string of the molecule is COc1cc(Nc2nc(Nc3cccc(C(C)(C)O)n3)c3c(C)csc3n2)ccc1N1CCC(OC)CC1. The van der Waals surface area contributed by atoms with Gasteiger partial charge in [0.05, 0.1) is 30.0 Å². The number of anilines is 5. The molecule has 4 aromatic rings. The van der Waals surface area contributed by atoms with Gasteiger partial charge in [0.1, 0.15) is 27.8 Å². The van der Waals surface area contributed by atoms with Gasteiger partial charge in [-0.15, -0.1) is 11.3 Å². The summed E-state index contributed by atoms with van der Waals surface area (Å²) in [6, 6.07) is 11.6. The molecule has 0 bridgehead atoms. The Hall–Kier alpha value is -3.47. The van der Waals surface area contributed by atoms with Gasteiger partial charge in [-0.1, -0.05) is 6.07 Å². The first kappa shape index (κ1) is 26.1. The molecule has 5 rings (SSSR count). The quantitative estimate of drug-likeness (QED) is 0.261. The zero-order chi connectivity index (χ0) is 26.9. The summed E-state index contributed by atoms with van der Waals surface area (Å²) in [6.07, 6.45) is 2.32. The van der Waals surface area contributed by atoms with Crippen LogP contribution in [0.5, 0.6) is 5.75 Å². The second kappa shape index (κ2) is 10.7. The van der Waals surface area contributed by atoms with Crippen molar-refractivity contribution in [2.75, 3.05) is 42.8 Å². The largest absolute Gasteiger partial charge is 0.495 e. The number of ether oxygens (including phenoxy) is 2. The highest BCUT2D eigenvalue weighted by atomic mass is 32.1. The molecule has 4 heterocycles. The fourth-order valence-corrected chi connectivity index (χ4v) is 5.60. The molecule has 1 aromatic carbocycles. The van der Waals surface area contributed by atoms with Crippen LogP contribution in [0.25, 0.3) is 10.2 Å². The monoisotopic (exact) mass is 534 g/mol. The maximum absolute atomic E-state index is 10.4. The predicted molar refractivity (Wildman–Crippen MR) is 153 cm³/mol. The first-order chi connectivity index (χ1) is 18.2. The third-order valence-corrected chi connectivity index (χ3v) is 7.78. The minimum atomic E-state index is -1.05. The zero-order valence-electron chi connectivity index (χ0n) is 22.4. The molecule has 3 aromatic heterocycles. The van der Waals surface area contributed by atoms with Crippen molar-refractivity contribution in [3.63, 3.8) is 0 Å². The van der Waals surface area contributed by atoms with E-state index in [2.05, 4.69) is 32.0 Å². The Balaban J connectivity index is 1.42. The number of hydrogen-bond acceptors (Lipinski definition) is 10. The molecule has 1 aliphatic heterocycles. The molecule has 200 valence electrons. The number of pyridine rings is 1. The van der Waals surface area contributed by atoms with Gasteiger partial charge >= 0.3 is 0 Å². The van der Waals surface area contributed by atoms with Crippen LogP contribution in [0, 0.1) is 6.92 Å². The third-order valence-electron chi connectivity index (χ3n) is 6.79. The molecule has 0 radical (unpaired) electrons. The molecule has 9 nitrogen and oxygen atoms in total. The van der Waals surface area contributed by atoms with Crippen molar-refractivity contribution >= 4 is 50.5 Å². The Kier molecular flexibility index (Phi) is 7.38. The van der Waals surface area contributed by atoms with Crippen molar-refractivity contribution in [3.8, 4) is 5.75 Å². The summed E-state index contributed by atoms with van der Waals surface area (Å²) in [5, 5.41) is 20.1. The average Bonchev–Trinajstić information content (AvgIpc) is 3.29. The number of aryl methyl sites for hydroxylation is 1. The lowest BCUT2D eigenvalue weighted by molar-refractivity contribution is 0.0740. The molecule has 0 saturated carbocycles. The van der Waals surface area contributed by atoms with E-state index in [9.17, 15) is 5.11 Å². The average molecular weight is 535 g/mol. The number of thiophene rings is 1. The van der Waals surface area contributed by atoms with Crippen LogP contribution in [0.3, 0.4) is 0 Å². The lowest BCUT2D eigenvalue weighted by Gasteiger charge is -2.33. The van der Waals surface area contributed by atoms with Gasteiger partial charge < -0.3 is 30.1 Å². The van der Waals surface area contributed by atoms with E-state index < -0.39 is 5.60 Å². The lowest BCUT2D eigenvalue weighted by atomic mass is 10.1. The van der Waals surface area contributed by atoms with Gasteiger partial charge in [-0.05, 0) is 68.8 Å². The molecular formula is C28H34N6O3S. The van der Waals surface area contributed by atoms with E-state index in [0.29, 0.717) is 29.4 Å². The topological polar surface area (TPSA) is 105 Å². The molecule has 1 saturated heterocycles. The van der Waals surface area contributed by atoms with Crippen molar-refractivity contribution in [3.05, 3.63) is 53.0 Å². The van der Waals surface area contributed by atoms with Gasteiger partial charge in [-0.2, -0.15) is 4.98 Å². The maximum atomic E-state index is 10.4. The smallest absolute Gasteiger partial charge is 0.230 e. The number of nitrogens with zero attached hydrogens (tertiary/aromatic N) is 4. The van der Waals surface area contributed by atoms with Crippen LogP contribution in [0.1, 0.15) is 37.9 Å². The normalized spacial score (nSPS) is 14.6. The van der Waals surface area contributed by atoms with Crippen molar-refractivity contribution in [2.45, 2.75) is 45.3 Å². The summed E-state index contributed by atoms with van der Waals surface area (Å²) in [7, 11) is 3.47. The summed E-state index contributed by atoms with van der Waals surface area (Å²) in [6.45, 7) is 7.33. The fourth-order valence-electron chi connectivity index (χ4n) is 4.67. The summed E-state index contributed by atoms with van der Waals surface area (Å²) in [5.74, 6) is 2.52. The Morgan fingerprint density at radius 2 is 1.84 bits per heavy atom. The van der Waals surface area contributed by atoms with E-state index in [1.54, 1.807) is 45.5 Å². The highest BCUT2D eigenvalue weighted by Gasteiger charge is 2.22. The lowest BCUT2D eigenvalue weighted by Crippen LogP contribution is -2.36. The number of rotatable bonds is 8. The third kappa shape index (κ3) is 5.52. The molecule has 38 heavy (non-hydrogen) atoms. The minimum Gasteiger partial charge on any atom is -0.495 e. The number of piperidine rings is 1. The number of aliphatic hydroxyl groups is 1.